The Labute approximate surface area is 151 Å². The summed E-state index contributed by atoms with van der Waals surface area (Å²) in [6.07, 6.45) is 1.97. The molecule has 1 aromatic rings. The fourth-order valence-corrected chi connectivity index (χ4v) is 3.07. The van der Waals surface area contributed by atoms with Crippen LogP contribution in [0.2, 0.25) is 0 Å². The molecular weight excluding hydrogens is 340 g/mol. The van der Waals surface area contributed by atoms with Gasteiger partial charge in [0.05, 0.1) is 6.10 Å². The highest BCUT2D eigenvalue weighted by atomic mass is 16.7. The van der Waals surface area contributed by atoms with Crippen molar-refractivity contribution in [1.82, 2.24) is 0 Å². The summed E-state index contributed by atoms with van der Waals surface area (Å²) in [6.45, 7) is 3.49. The van der Waals surface area contributed by atoms with Gasteiger partial charge in [-0.05, 0) is 26.0 Å². The van der Waals surface area contributed by atoms with Gasteiger partial charge < -0.3 is 34.6 Å². The zero-order valence-corrected chi connectivity index (χ0v) is 14.6. The van der Waals surface area contributed by atoms with E-state index in [-0.39, 0.29) is 17.6 Å². The Bertz CT molecular complexity index is 699. The van der Waals surface area contributed by atoms with Gasteiger partial charge in [-0.2, -0.15) is 0 Å². The minimum absolute atomic E-state index is 0.000588. The van der Waals surface area contributed by atoms with E-state index in [2.05, 4.69) is 0 Å². The van der Waals surface area contributed by atoms with Crippen LogP contribution in [0.5, 0.6) is 17.2 Å². The maximum Gasteiger partial charge on any atom is 0.229 e. The fraction of sp³-hybridized carbons (Fsp3) is 0.474. The van der Waals surface area contributed by atoms with E-state index in [4.69, 9.17) is 14.2 Å². The van der Waals surface area contributed by atoms with E-state index < -0.39 is 30.7 Å². The van der Waals surface area contributed by atoms with Gasteiger partial charge in [0, 0.05) is 18.1 Å². The predicted octanol–water partition coefficient (Wildman–Crippen LogP) is 1.03. The second-order valence-corrected chi connectivity index (χ2v) is 6.50. The molecule has 0 amide bonds. The standard InChI is InChI=1S/C19H24O7/c1-3-4-5-6-13-8-11-7-12(20)9-14(18(11)25-13)26-19-17(23)16(22)15(21)10(2)24-19/h3-7,9-10,13,15-17,19-23H,8H2,1-2H3/b4-3+,6-5+/t10-,13-,15-,16+,17+,19-/m0/s1. The van der Waals surface area contributed by atoms with Crippen LogP contribution in [0.3, 0.4) is 0 Å². The number of hydrogen-bond donors (Lipinski definition) is 4. The maximum atomic E-state index is 10.1. The zero-order valence-electron chi connectivity index (χ0n) is 14.6. The Morgan fingerprint density at radius 3 is 2.62 bits per heavy atom. The van der Waals surface area contributed by atoms with Gasteiger partial charge in [0.15, 0.2) is 11.5 Å². The normalized spacial score (nSPS) is 34.2. The number of aliphatic hydroxyl groups excluding tert-OH is 3. The van der Waals surface area contributed by atoms with Crippen LogP contribution in [-0.4, -0.2) is 57.2 Å². The molecular formula is C19H24O7. The first-order chi connectivity index (χ1) is 12.4. The highest BCUT2D eigenvalue weighted by molar-refractivity contribution is 5.54. The molecule has 0 saturated carbocycles. The fourth-order valence-electron chi connectivity index (χ4n) is 3.07. The van der Waals surface area contributed by atoms with Crippen molar-refractivity contribution >= 4 is 0 Å². The van der Waals surface area contributed by atoms with Gasteiger partial charge >= 0.3 is 0 Å². The quantitative estimate of drug-likeness (QED) is 0.591. The van der Waals surface area contributed by atoms with Crippen molar-refractivity contribution in [2.45, 2.75) is 57.1 Å². The van der Waals surface area contributed by atoms with E-state index in [0.717, 1.165) is 5.56 Å². The third-order valence-corrected chi connectivity index (χ3v) is 4.49. The van der Waals surface area contributed by atoms with Gasteiger partial charge in [-0.25, -0.2) is 0 Å². The van der Waals surface area contributed by atoms with Crippen molar-refractivity contribution in [2.24, 2.45) is 0 Å². The lowest BCUT2D eigenvalue weighted by Crippen LogP contribution is -2.58. The largest absolute Gasteiger partial charge is 0.508 e. The number of ether oxygens (including phenoxy) is 3. The van der Waals surface area contributed by atoms with Gasteiger partial charge in [0.2, 0.25) is 6.29 Å². The van der Waals surface area contributed by atoms with Crippen LogP contribution in [0.4, 0.5) is 0 Å². The summed E-state index contributed by atoms with van der Waals surface area (Å²) in [5.74, 6) is 0.670. The van der Waals surface area contributed by atoms with Gasteiger partial charge in [0.1, 0.15) is 30.2 Å². The molecule has 2 aliphatic heterocycles. The molecule has 1 aromatic carbocycles. The van der Waals surface area contributed by atoms with Gasteiger partial charge in [-0.15, -0.1) is 0 Å². The summed E-state index contributed by atoms with van der Waals surface area (Å²) in [5.41, 5.74) is 0.772. The second kappa shape index (κ2) is 7.67. The first-order valence-corrected chi connectivity index (χ1v) is 8.59. The van der Waals surface area contributed by atoms with Crippen LogP contribution in [0, 0.1) is 0 Å². The van der Waals surface area contributed by atoms with E-state index in [0.29, 0.717) is 12.2 Å². The summed E-state index contributed by atoms with van der Waals surface area (Å²) in [7, 11) is 0. The molecule has 0 bridgehead atoms. The van der Waals surface area contributed by atoms with Crippen molar-refractivity contribution in [2.75, 3.05) is 0 Å². The Morgan fingerprint density at radius 1 is 1.12 bits per heavy atom. The van der Waals surface area contributed by atoms with Gasteiger partial charge in [-0.1, -0.05) is 18.2 Å². The molecule has 7 heteroatoms. The molecule has 0 unspecified atom stereocenters. The third kappa shape index (κ3) is 3.71. The average Bonchev–Trinajstić information content (AvgIpc) is 3.00. The number of rotatable bonds is 4. The molecule has 26 heavy (non-hydrogen) atoms. The average molecular weight is 364 g/mol. The summed E-state index contributed by atoms with van der Waals surface area (Å²) in [6, 6.07) is 2.97. The number of phenolic OH excluding ortho intramolecular Hbond substituents is 1. The van der Waals surface area contributed by atoms with E-state index in [1.807, 2.05) is 31.2 Å². The molecule has 2 heterocycles. The smallest absolute Gasteiger partial charge is 0.229 e. The van der Waals surface area contributed by atoms with Crippen molar-refractivity contribution in [3.8, 4) is 17.2 Å². The molecule has 6 atom stereocenters. The first kappa shape index (κ1) is 18.7. The number of allylic oxidation sites excluding steroid dienone is 3. The molecule has 4 N–H and O–H groups in total. The van der Waals surface area contributed by atoms with Crippen LogP contribution >= 0.6 is 0 Å². The summed E-state index contributed by atoms with van der Waals surface area (Å²) in [4.78, 5) is 0. The molecule has 7 nitrogen and oxygen atoms in total. The molecule has 142 valence electrons. The summed E-state index contributed by atoms with van der Waals surface area (Å²) in [5, 5.41) is 39.8. The lowest BCUT2D eigenvalue weighted by atomic mass is 10.00. The number of benzene rings is 1. The number of hydrogen-bond acceptors (Lipinski definition) is 7. The SMILES string of the molecule is C/C=C/C=C/[C@H]1Cc2cc(O)cc(O[C@@H]3O[C@@H](C)[C@H](O)[C@@H](O)[C@H]3O)c2O1. The molecule has 3 rings (SSSR count). The Balaban J connectivity index is 1.80. The molecule has 0 aromatic heterocycles. The predicted molar refractivity (Wildman–Crippen MR) is 93.2 cm³/mol. The molecule has 0 aliphatic carbocycles. The van der Waals surface area contributed by atoms with E-state index in [9.17, 15) is 20.4 Å². The van der Waals surface area contributed by atoms with Crippen molar-refractivity contribution in [1.29, 1.82) is 0 Å². The van der Waals surface area contributed by atoms with E-state index in [1.165, 1.54) is 6.07 Å². The van der Waals surface area contributed by atoms with Gasteiger partial charge in [0.25, 0.3) is 0 Å². The number of phenols is 1. The van der Waals surface area contributed by atoms with Crippen molar-refractivity contribution in [3.63, 3.8) is 0 Å². The zero-order chi connectivity index (χ0) is 18.8. The van der Waals surface area contributed by atoms with Crippen LogP contribution in [0.1, 0.15) is 19.4 Å². The van der Waals surface area contributed by atoms with Crippen molar-refractivity contribution < 1.29 is 34.6 Å². The molecule has 0 radical (unpaired) electrons. The van der Waals surface area contributed by atoms with Crippen LogP contribution in [-0.2, 0) is 11.2 Å². The van der Waals surface area contributed by atoms with Crippen LogP contribution in [0.25, 0.3) is 0 Å². The minimum Gasteiger partial charge on any atom is -0.508 e. The number of aliphatic hydroxyl groups is 3. The van der Waals surface area contributed by atoms with E-state index in [1.54, 1.807) is 13.0 Å². The lowest BCUT2D eigenvalue weighted by molar-refractivity contribution is -0.268. The topological polar surface area (TPSA) is 109 Å². The number of fused-ring (bicyclic) bond motifs is 1. The maximum absolute atomic E-state index is 10.1. The minimum atomic E-state index is -1.44. The van der Waals surface area contributed by atoms with Crippen molar-refractivity contribution in [3.05, 3.63) is 42.0 Å². The molecule has 1 saturated heterocycles. The third-order valence-electron chi connectivity index (χ3n) is 4.49. The monoisotopic (exact) mass is 364 g/mol. The highest BCUT2D eigenvalue weighted by Crippen LogP contribution is 2.42. The summed E-state index contributed by atoms with van der Waals surface area (Å²) < 4.78 is 17.0. The molecule has 1 fully saturated rings. The lowest BCUT2D eigenvalue weighted by Gasteiger charge is -2.39. The molecule has 0 spiro atoms. The highest BCUT2D eigenvalue weighted by Gasteiger charge is 2.43. The Morgan fingerprint density at radius 2 is 1.88 bits per heavy atom. The number of aromatic hydroxyl groups is 1. The first-order valence-electron chi connectivity index (χ1n) is 8.59. The van der Waals surface area contributed by atoms with Crippen LogP contribution in [0.15, 0.2) is 36.4 Å². The Hall–Kier alpha value is -2.06. The second-order valence-electron chi connectivity index (χ2n) is 6.50. The Kier molecular flexibility index (Phi) is 5.52. The van der Waals surface area contributed by atoms with E-state index >= 15 is 0 Å². The van der Waals surface area contributed by atoms with Crippen LogP contribution < -0.4 is 9.47 Å². The van der Waals surface area contributed by atoms with Gasteiger partial charge in [-0.3, -0.25) is 0 Å². The summed E-state index contributed by atoms with van der Waals surface area (Å²) >= 11 is 0. The molecule has 2 aliphatic rings.